The Bertz CT molecular complexity index is 1530. The van der Waals surface area contributed by atoms with E-state index in [1.807, 2.05) is 0 Å². The highest BCUT2D eigenvalue weighted by molar-refractivity contribution is 5.71. The number of carbonyl (C=O) groups excluding carboxylic acids is 3. The van der Waals surface area contributed by atoms with E-state index < -0.39 is 6.10 Å². The van der Waals surface area contributed by atoms with Crippen LogP contribution < -0.4 is 0 Å². The third kappa shape index (κ3) is 63.2. The lowest BCUT2D eigenvalue weighted by Gasteiger charge is -2.18. The molecule has 448 valence electrons. The quantitative estimate of drug-likeness (QED) is 0.0261. The molecule has 0 heterocycles. The standard InChI is InChI=1S/C72H124O6/c1-4-7-10-13-16-19-22-25-28-30-32-34-36-38-40-42-44-47-50-53-56-59-62-65-71(74)77-68-69(67-76-70(73)64-61-58-55-52-49-46-27-24-21-18-15-12-9-6-3)78-72(75)66-63-60-57-54-51-48-45-43-41-39-37-35-33-31-29-26-23-20-17-14-11-8-5-2/h7,10,15-16,18-19,23-28,31-34,69H,4-6,8-9,11-14,17,20-22,29-30,35-68H2,1-3H3/b10-7-,18-15-,19-16-,26-23-,27-24-,28-25-,33-31-,34-32-. The Kier molecular flexibility index (Phi) is 62.7. The maximum atomic E-state index is 12.9. The van der Waals surface area contributed by atoms with Crippen LogP contribution in [0.4, 0.5) is 0 Å². The molecule has 0 aliphatic heterocycles. The molecule has 0 bridgehead atoms. The van der Waals surface area contributed by atoms with Gasteiger partial charge in [0.2, 0.25) is 0 Å². The topological polar surface area (TPSA) is 78.9 Å². The van der Waals surface area contributed by atoms with Gasteiger partial charge in [-0.15, -0.1) is 0 Å². The van der Waals surface area contributed by atoms with Crippen LogP contribution >= 0.6 is 0 Å². The highest BCUT2D eigenvalue weighted by atomic mass is 16.6. The average molecular weight is 1090 g/mol. The zero-order chi connectivity index (χ0) is 56.4. The fraction of sp³-hybridized carbons (Fsp3) is 0.736. The molecule has 0 radical (unpaired) electrons. The van der Waals surface area contributed by atoms with E-state index in [1.54, 1.807) is 0 Å². The predicted molar refractivity (Wildman–Crippen MR) is 339 cm³/mol. The molecule has 0 aromatic heterocycles. The number of rotatable bonds is 60. The maximum absolute atomic E-state index is 12.9. The van der Waals surface area contributed by atoms with Gasteiger partial charge in [0.05, 0.1) is 0 Å². The Morgan fingerprint density at radius 1 is 0.269 bits per heavy atom. The van der Waals surface area contributed by atoms with Gasteiger partial charge in [-0.25, -0.2) is 0 Å². The number of esters is 3. The number of hydrogen-bond acceptors (Lipinski definition) is 6. The SMILES string of the molecule is CC/C=C\C/C=C\C/C=C\C/C=C\CCCCCCCCCCCCC(=O)OCC(COC(=O)CCCCCCC/C=C\C/C=C\CCCC)OC(=O)CCCCCCCCCCCCC/C=C\C/C=C\CCCCCCC. The van der Waals surface area contributed by atoms with Crippen molar-refractivity contribution >= 4 is 17.9 Å². The lowest BCUT2D eigenvalue weighted by atomic mass is 10.0. The monoisotopic (exact) mass is 1080 g/mol. The van der Waals surface area contributed by atoms with E-state index in [-0.39, 0.29) is 31.1 Å². The fourth-order valence-corrected chi connectivity index (χ4v) is 9.31. The van der Waals surface area contributed by atoms with E-state index in [0.29, 0.717) is 19.3 Å². The Hall–Kier alpha value is -3.67. The Morgan fingerprint density at radius 2 is 0.513 bits per heavy atom. The molecule has 0 rings (SSSR count). The molecular weight excluding hydrogens is 961 g/mol. The molecule has 6 nitrogen and oxygen atoms in total. The Morgan fingerprint density at radius 3 is 0.821 bits per heavy atom. The first kappa shape index (κ1) is 74.3. The van der Waals surface area contributed by atoms with E-state index in [2.05, 4.69) is 118 Å². The zero-order valence-electron chi connectivity index (χ0n) is 51.4. The van der Waals surface area contributed by atoms with Crippen molar-refractivity contribution in [3.63, 3.8) is 0 Å². The number of hydrogen-bond donors (Lipinski definition) is 0. The van der Waals surface area contributed by atoms with Gasteiger partial charge in [0.25, 0.3) is 0 Å². The molecule has 0 saturated carbocycles. The third-order valence-electron chi connectivity index (χ3n) is 14.3. The number of unbranched alkanes of at least 4 members (excludes halogenated alkanes) is 33. The van der Waals surface area contributed by atoms with Gasteiger partial charge in [-0.1, -0.05) is 285 Å². The smallest absolute Gasteiger partial charge is 0.306 e. The molecule has 0 amide bonds. The second-order valence-corrected chi connectivity index (χ2v) is 22.0. The van der Waals surface area contributed by atoms with Crippen LogP contribution in [0.15, 0.2) is 97.2 Å². The molecule has 0 saturated heterocycles. The molecule has 78 heavy (non-hydrogen) atoms. The van der Waals surface area contributed by atoms with Crippen LogP contribution in [0.2, 0.25) is 0 Å². The van der Waals surface area contributed by atoms with Crippen molar-refractivity contribution in [2.45, 2.75) is 329 Å². The normalized spacial score (nSPS) is 12.7. The number of ether oxygens (including phenoxy) is 3. The van der Waals surface area contributed by atoms with E-state index in [0.717, 1.165) is 109 Å². The van der Waals surface area contributed by atoms with Crippen molar-refractivity contribution in [1.29, 1.82) is 0 Å². The van der Waals surface area contributed by atoms with Crippen LogP contribution in [0, 0.1) is 0 Å². The minimum absolute atomic E-state index is 0.0842. The van der Waals surface area contributed by atoms with Crippen LogP contribution in [-0.2, 0) is 28.6 Å². The van der Waals surface area contributed by atoms with Crippen LogP contribution in [0.3, 0.4) is 0 Å². The molecule has 0 aromatic carbocycles. The van der Waals surface area contributed by atoms with Gasteiger partial charge in [-0.3, -0.25) is 14.4 Å². The van der Waals surface area contributed by atoms with Crippen LogP contribution in [-0.4, -0.2) is 37.2 Å². The van der Waals surface area contributed by atoms with Crippen molar-refractivity contribution in [2.75, 3.05) is 13.2 Å². The van der Waals surface area contributed by atoms with Gasteiger partial charge in [-0.05, 0) is 116 Å². The molecule has 0 aromatic rings. The van der Waals surface area contributed by atoms with Gasteiger partial charge in [-0.2, -0.15) is 0 Å². The summed E-state index contributed by atoms with van der Waals surface area (Å²) in [7, 11) is 0. The van der Waals surface area contributed by atoms with Crippen molar-refractivity contribution in [3.05, 3.63) is 97.2 Å². The van der Waals surface area contributed by atoms with Crippen molar-refractivity contribution < 1.29 is 28.6 Å². The minimum Gasteiger partial charge on any atom is -0.462 e. The molecule has 6 heteroatoms. The van der Waals surface area contributed by atoms with Gasteiger partial charge in [0.1, 0.15) is 13.2 Å². The van der Waals surface area contributed by atoms with E-state index in [4.69, 9.17) is 14.2 Å². The summed E-state index contributed by atoms with van der Waals surface area (Å²) < 4.78 is 16.9. The first-order valence-corrected chi connectivity index (χ1v) is 33.2. The highest BCUT2D eigenvalue weighted by Gasteiger charge is 2.19. The summed E-state index contributed by atoms with van der Waals surface area (Å²) in [6.45, 7) is 6.49. The lowest BCUT2D eigenvalue weighted by Crippen LogP contribution is -2.30. The number of carbonyl (C=O) groups is 3. The molecule has 0 aliphatic rings. The first-order chi connectivity index (χ1) is 38.5. The average Bonchev–Trinajstić information content (AvgIpc) is 3.44. The van der Waals surface area contributed by atoms with Crippen molar-refractivity contribution in [3.8, 4) is 0 Å². The molecular formula is C72H124O6. The molecule has 0 fully saturated rings. The molecule has 1 atom stereocenters. The predicted octanol–water partition coefficient (Wildman–Crippen LogP) is 22.8. The summed E-state index contributed by atoms with van der Waals surface area (Å²) in [4.78, 5) is 38.4. The summed E-state index contributed by atoms with van der Waals surface area (Å²) >= 11 is 0. The van der Waals surface area contributed by atoms with E-state index in [9.17, 15) is 14.4 Å². The molecule has 0 aliphatic carbocycles. The summed E-state index contributed by atoms with van der Waals surface area (Å²) in [6, 6.07) is 0. The Labute approximate surface area is 483 Å². The van der Waals surface area contributed by atoms with Gasteiger partial charge >= 0.3 is 17.9 Å². The van der Waals surface area contributed by atoms with Crippen LogP contribution in [0.25, 0.3) is 0 Å². The van der Waals surface area contributed by atoms with Gasteiger partial charge in [0, 0.05) is 19.3 Å². The zero-order valence-corrected chi connectivity index (χ0v) is 51.4. The Balaban J connectivity index is 4.35. The van der Waals surface area contributed by atoms with Crippen LogP contribution in [0.5, 0.6) is 0 Å². The summed E-state index contributed by atoms with van der Waals surface area (Å²) in [5, 5.41) is 0. The van der Waals surface area contributed by atoms with Crippen LogP contribution in [0.1, 0.15) is 323 Å². The minimum atomic E-state index is -0.788. The second kappa shape index (κ2) is 65.8. The first-order valence-electron chi connectivity index (χ1n) is 33.2. The van der Waals surface area contributed by atoms with E-state index in [1.165, 1.54) is 173 Å². The summed E-state index contributed by atoms with van der Waals surface area (Å²) in [5.41, 5.74) is 0. The lowest BCUT2D eigenvalue weighted by molar-refractivity contribution is -0.167. The van der Waals surface area contributed by atoms with Crippen molar-refractivity contribution in [1.82, 2.24) is 0 Å². The maximum Gasteiger partial charge on any atom is 0.306 e. The fourth-order valence-electron chi connectivity index (χ4n) is 9.31. The number of allylic oxidation sites excluding steroid dienone is 16. The second-order valence-electron chi connectivity index (χ2n) is 22.0. The highest BCUT2D eigenvalue weighted by Crippen LogP contribution is 2.16. The third-order valence-corrected chi connectivity index (χ3v) is 14.3. The molecule has 1 unspecified atom stereocenters. The molecule has 0 spiro atoms. The van der Waals surface area contributed by atoms with Gasteiger partial charge < -0.3 is 14.2 Å². The largest absolute Gasteiger partial charge is 0.462 e. The summed E-state index contributed by atoms with van der Waals surface area (Å²) in [6.07, 6.45) is 88.4. The van der Waals surface area contributed by atoms with Crippen molar-refractivity contribution in [2.24, 2.45) is 0 Å². The molecule has 0 N–H and O–H groups in total. The summed E-state index contributed by atoms with van der Waals surface area (Å²) in [5.74, 6) is -0.893. The van der Waals surface area contributed by atoms with Gasteiger partial charge in [0.15, 0.2) is 6.10 Å². The van der Waals surface area contributed by atoms with E-state index >= 15 is 0 Å².